The highest BCUT2D eigenvalue weighted by atomic mass is 16.5. The van der Waals surface area contributed by atoms with Crippen LogP contribution < -0.4 is 5.32 Å². The maximum Gasteiger partial charge on any atom is 0.407 e. The van der Waals surface area contributed by atoms with Gasteiger partial charge in [0.1, 0.15) is 0 Å². The lowest BCUT2D eigenvalue weighted by Gasteiger charge is -2.34. The van der Waals surface area contributed by atoms with Gasteiger partial charge < -0.3 is 19.9 Å². The standard InChI is InChI=1S/C16H27N3O4/c1-16(2,3)19-10-11(9-13(19)20)14(21)18-7-5-12(6-8-18)17-15(22)23-4/h11-12H,5-10H2,1-4H3,(H,17,22). The molecule has 0 radical (unpaired) electrons. The first-order valence-corrected chi connectivity index (χ1v) is 8.16. The number of amides is 3. The van der Waals surface area contributed by atoms with Crippen LogP contribution in [0.2, 0.25) is 0 Å². The normalized spacial score (nSPS) is 23.1. The molecule has 0 saturated carbocycles. The molecule has 23 heavy (non-hydrogen) atoms. The maximum absolute atomic E-state index is 12.6. The summed E-state index contributed by atoms with van der Waals surface area (Å²) >= 11 is 0. The Morgan fingerprint density at radius 1 is 1.22 bits per heavy atom. The van der Waals surface area contributed by atoms with Gasteiger partial charge in [-0.1, -0.05) is 0 Å². The van der Waals surface area contributed by atoms with Gasteiger partial charge in [0.2, 0.25) is 11.8 Å². The number of likely N-dealkylation sites (tertiary alicyclic amines) is 2. The molecular weight excluding hydrogens is 298 g/mol. The Labute approximate surface area is 137 Å². The number of piperidine rings is 1. The second-order valence-corrected chi connectivity index (χ2v) is 7.31. The molecule has 0 aromatic heterocycles. The van der Waals surface area contributed by atoms with E-state index in [1.165, 1.54) is 7.11 Å². The first-order valence-electron chi connectivity index (χ1n) is 8.16. The Hall–Kier alpha value is -1.79. The van der Waals surface area contributed by atoms with Crippen LogP contribution in [-0.2, 0) is 14.3 Å². The fourth-order valence-electron chi connectivity index (χ4n) is 3.25. The SMILES string of the molecule is COC(=O)NC1CCN(C(=O)C2CC(=O)N(C(C)(C)C)C2)CC1. The van der Waals surface area contributed by atoms with Crippen molar-refractivity contribution in [2.24, 2.45) is 5.92 Å². The van der Waals surface area contributed by atoms with Crippen LogP contribution in [0.4, 0.5) is 4.79 Å². The zero-order valence-electron chi connectivity index (χ0n) is 14.4. The van der Waals surface area contributed by atoms with Gasteiger partial charge in [-0.3, -0.25) is 9.59 Å². The number of methoxy groups -OCH3 is 1. The number of carbonyl (C=O) groups excluding carboxylic acids is 3. The third kappa shape index (κ3) is 4.14. The quantitative estimate of drug-likeness (QED) is 0.821. The van der Waals surface area contributed by atoms with Crippen molar-refractivity contribution < 1.29 is 19.1 Å². The van der Waals surface area contributed by atoms with Crippen molar-refractivity contribution in [1.82, 2.24) is 15.1 Å². The van der Waals surface area contributed by atoms with Crippen molar-refractivity contribution in [2.45, 2.75) is 51.6 Å². The van der Waals surface area contributed by atoms with E-state index in [-0.39, 0.29) is 29.3 Å². The summed E-state index contributed by atoms with van der Waals surface area (Å²) in [6.07, 6.45) is 1.29. The van der Waals surface area contributed by atoms with Gasteiger partial charge in [0.05, 0.1) is 13.0 Å². The van der Waals surface area contributed by atoms with Crippen LogP contribution in [0.25, 0.3) is 0 Å². The molecule has 0 bridgehead atoms. The molecule has 2 fully saturated rings. The molecule has 0 spiro atoms. The van der Waals surface area contributed by atoms with Crippen molar-refractivity contribution in [3.8, 4) is 0 Å². The summed E-state index contributed by atoms with van der Waals surface area (Å²) < 4.78 is 4.59. The summed E-state index contributed by atoms with van der Waals surface area (Å²) in [5.41, 5.74) is -0.246. The van der Waals surface area contributed by atoms with Crippen molar-refractivity contribution >= 4 is 17.9 Å². The van der Waals surface area contributed by atoms with E-state index in [2.05, 4.69) is 10.1 Å². The van der Waals surface area contributed by atoms with Crippen LogP contribution in [0.15, 0.2) is 0 Å². The molecule has 7 heteroatoms. The highest BCUT2D eigenvalue weighted by Gasteiger charge is 2.41. The monoisotopic (exact) mass is 325 g/mol. The Bertz CT molecular complexity index is 478. The van der Waals surface area contributed by atoms with Gasteiger partial charge in [-0.25, -0.2) is 4.79 Å². The lowest BCUT2D eigenvalue weighted by molar-refractivity contribution is -0.136. The third-order valence-corrected chi connectivity index (χ3v) is 4.60. The van der Waals surface area contributed by atoms with Crippen LogP contribution in [0.1, 0.15) is 40.0 Å². The van der Waals surface area contributed by atoms with E-state index in [4.69, 9.17) is 0 Å². The average Bonchev–Trinajstić information content (AvgIpc) is 2.89. The summed E-state index contributed by atoms with van der Waals surface area (Å²) in [5, 5.41) is 2.77. The Kier molecular flexibility index (Phi) is 5.16. The fraction of sp³-hybridized carbons (Fsp3) is 0.812. The minimum absolute atomic E-state index is 0.0442. The number of nitrogens with zero attached hydrogens (tertiary/aromatic N) is 2. The summed E-state index contributed by atoms with van der Waals surface area (Å²) in [5.74, 6) is -0.133. The topological polar surface area (TPSA) is 79.0 Å². The minimum Gasteiger partial charge on any atom is -0.453 e. The van der Waals surface area contributed by atoms with Gasteiger partial charge in [-0.2, -0.15) is 0 Å². The van der Waals surface area contributed by atoms with Crippen LogP contribution in [-0.4, -0.2) is 66.0 Å². The third-order valence-electron chi connectivity index (χ3n) is 4.60. The number of ether oxygens (including phenoxy) is 1. The van der Waals surface area contributed by atoms with Gasteiger partial charge in [-0.05, 0) is 33.6 Å². The van der Waals surface area contributed by atoms with Crippen molar-refractivity contribution in [1.29, 1.82) is 0 Å². The molecule has 2 rings (SSSR count). The van der Waals surface area contributed by atoms with Gasteiger partial charge >= 0.3 is 6.09 Å². The second-order valence-electron chi connectivity index (χ2n) is 7.31. The van der Waals surface area contributed by atoms with E-state index in [0.29, 0.717) is 38.9 Å². The maximum atomic E-state index is 12.6. The van der Waals surface area contributed by atoms with E-state index in [1.807, 2.05) is 25.7 Å². The van der Waals surface area contributed by atoms with Gasteiger partial charge in [0.25, 0.3) is 0 Å². The van der Waals surface area contributed by atoms with E-state index >= 15 is 0 Å². The molecule has 0 aromatic carbocycles. The number of alkyl carbamates (subject to hydrolysis) is 1. The molecule has 2 aliphatic heterocycles. The lowest BCUT2D eigenvalue weighted by atomic mass is 10.0. The van der Waals surface area contributed by atoms with E-state index in [1.54, 1.807) is 4.90 Å². The van der Waals surface area contributed by atoms with Gasteiger partial charge in [0, 0.05) is 37.6 Å². The predicted octanol–water partition coefficient (Wildman–Crippen LogP) is 0.980. The second kappa shape index (κ2) is 6.76. The molecule has 7 nitrogen and oxygen atoms in total. The number of carbonyl (C=O) groups is 3. The van der Waals surface area contributed by atoms with Crippen LogP contribution in [0.5, 0.6) is 0 Å². The molecule has 1 unspecified atom stereocenters. The Morgan fingerprint density at radius 3 is 2.30 bits per heavy atom. The molecule has 1 atom stereocenters. The summed E-state index contributed by atoms with van der Waals surface area (Å²) in [7, 11) is 1.34. The molecule has 0 aromatic rings. The van der Waals surface area contributed by atoms with Crippen LogP contribution >= 0.6 is 0 Å². The predicted molar refractivity (Wildman–Crippen MR) is 84.7 cm³/mol. The zero-order chi connectivity index (χ0) is 17.2. The Balaban J connectivity index is 1.86. The number of rotatable bonds is 2. The van der Waals surface area contributed by atoms with Crippen molar-refractivity contribution in [3.63, 3.8) is 0 Å². The van der Waals surface area contributed by atoms with Gasteiger partial charge in [0.15, 0.2) is 0 Å². The number of nitrogens with one attached hydrogen (secondary N) is 1. The molecular formula is C16H27N3O4. The average molecular weight is 325 g/mol. The molecule has 130 valence electrons. The summed E-state index contributed by atoms with van der Waals surface area (Å²) in [4.78, 5) is 39.6. The zero-order valence-corrected chi connectivity index (χ0v) is 14.4. The number of hydrogen-bond acceptors (Lipinski definition) is 4. The lowest BCUT2D eigenvalue weighted by Crippen LogP contribution is -2.48. The van der Waals surface area contributed by atoms with E-state index in [9.17, 15) is 14.4 Å². The summed E-state index contributed by atoms with van der Waals surface area (Å²) in [6, 6.07) is 0.0442. The minimum atomic E-state index is -0.433. The smallest absolute Gasteiger partial charge is 0.407 e. The van der Waals surface area contributed by atoms with E-state index < -0.39 is 6.09 Å². The Morgan fingerprint density at radius 2 is 1.83 bits per heavy atom. The first-order chi connectivity index (χ1) is 10.7. The van der Waals surface area contributed by atoms with Crippen LogP contribution in [0.3, 0.4) is 0 Å². The van der Waals surface area contributed by atoms with E-state index in [0.717, 1.165) is 0 Å². The van der Waals surface area contributed by atoms with Crippen molar-refractivity contribution in [2.75, 3.05) is 26.7 Å². The van der Waals surface area contributed by atoms with Crippen molar-refractivity contribution in [3.05, 3.63) is 0 Å². The largest absolute Gasteiger partial charge is 0.453 e. The van der Waals surface area contributed by atoms with Gasteiger partial charge in [-0.15, -0.1) is 0 Å². The summed E-state index contributed by atoms with van der Waals surface area (Å²) in [6.45, 7) is 7.67. The molecule has 2 saturated heterocycles. The molecule has 2 heterocycles. The number of hydrogen-bond donors (Lipinski definition) is 1. The fourth-order valence-corrected chi connectivity index (χ4v) is 3.25. The highest BCUT2D eigenvalue weighted by Crippen LogP contribution is 2.27. The molecule has 2 aliphatic rings. The molecule has 0 aliphatic carbocycles. The first kappa shape index (κ1) is 17.6. The molecule has 1 N–H and O–H groups in total. The molecule has 3 amide bonds. The van der Waals surface area contributed by atoms with Crippen LogP contribution in [0, 0.1) is 5.92 Å². The highest BCUT2D eigenvalue weighted by molar-refractivity contribution is 5.89.